The Morgan fingerprint density at radius 3 is 3.00 bits per heavy atom. The van der Waals surface area contributed by atoms with Crippen molar-refractivity contribution in [3.8, 4) is 11.5 Å². The van der Waals surface area contributed by atoms with E-state index < -0.39 is 0 Å². The fraction of sp³-hybridized carbons (Fsp3) is 0.200. The van der Waals surface area contributed by atoms with Gasteiger partial charge in [0.05, 0.1) is 11.1 Å². The second kappa shape index (κ2) is 5.62. The first-order valence-electron chi connectivity index (χ1n) is 6.15. The molecule has 2 nitrogen and oxygen atoms in total. The highest BCUT2D eigenvalue weighted by atomic mass is 79.9. The van der Waals surface area contributed by atoms with E-state index >= 15 is 0 Å². The van der Waals surface area contributed by atoms with E-state index in [0.29, 0.717) is 21.9 Å². The average Bonchev–Trinajstić information content (AvgIpc) is 2.87. The Labute approximate surface area is 129 Å². The van der Waals surface area contributed by atoms with Crippen molar-refractivity contribution in [3.63, 3.8) is 0 Å². The Morgan fingerprint density at radius 2 is 2.15 bits per heavy atom. The van der Waals surface area contributed by atoms with Crippen LogP contribution in [0.15, 0.2) is 34.8 Å². The molecule has 20 heavy (non-hydrogen) atoms. The smallest absolute Gasteiger partial charge is 0.136 e. The minimum Gasteiger partial charge on any atom is -0.493 e. The van der Waals surface area contributed by atoms with Crippen LogP contribution >= 0.6 is 27.5 Å². The second-order valence-electron chi connectivity index (χ2n) is 4.52. The molecule has 0 spiro atoms. The molecule has 1 aliphatic rings. The molecular weight excluding hydrogens is 347 g/mol. The first-order valence-corrected chi connectivity index (χ1v) is 7.32. The largest absolute Gasteiger partial charge is 0.493 e. The topological polar surface area (TPSA) is 18.5 Å². The highest BCUT2D eigenvalue weighted by molar-refractivity contribution is 9.10. The molecule has 0 unspecified atom stereocenters. The molecule has 2 aromatic carbocycles. The van der Waals surface area contributed by atoms with Crippen molar-refractivity contribution in [1.82, 2.24) is 0 Å². The average molecular weight is 358 g/mol. The number of hydrogen-bond acceptors (Lipinski definition) is 2. The van der Waals surface area contributed by atoms with Gasteiger partial charge in [0.15, 0.2) is 0 Å². The molecule has 0 aromatic heterocycles. The molecule has 1 aliphatic heterocycles. The Bertz CT molecular complexity index is 661. The van der Waals surface area contributed by atoms with E-state index in [4.69, 9.17) is 21.1 Å². The summed E-state index contributed by atoms with van der Waals surface area (Å²) in [6, 6.07) is 8.06. The lowest BCUT2D eigenvalue weighted by molar-refractivity contribution is 0.289. The van der Waals surface area contributed by atoms with Crippen molar-refractivity contribution in [2.45, 2.75) is 13.0 Å². The molecule has 104 valence electrons. The van der Waals surface area contributed by atoms with Crippen LogP contribution in [0.5, 0.6) is 11.5 Å². The monoisotopic (exact) mass is 356 g/mol. The summed E-state index contributed by atoms with van der Waals surface area (Å²) in [5.74, 6) is 0.953. The molecule has 0 bridgehead atoms. The fourth-order valence-corrected chi connectivity index (χ4v) is 2.82. The molecule has 5 heteroatoms. The maximum absolute atomic E-state index is 13.2. The summed E-state index contributed by atoms with van der Waals surface area (Å²) >= 11 is 9.42. The van der Waals surface area contributed by atoms with Gasteiger partial charge in [0.2, 0.25) is 0 Å². The van der Waals surface area contributed by atoms with Crippen LogP contribution in [0.2, 0.25) is 5.02 Å². The van der Waals surface area contributed by atoms with E-state index in [1.54, 1.807) is 6.07 Å². The lowest BCUT2D eigenvalue weighted by atomic mass is 10.1. The van der Waals surface area contributed by atoms with Crippen molar-refractivity contribution in [2.24, 2.45) is 0 Å². The van der Waals surface area contributed by atoms with Gasteiger partial charge < -0.3 is 9.47 Å². The molecule has 0 N–H and O–H groups in total. The van der Waals surface area contributed by atoms with Crippen LogP contribution in [-0.4, -0.2) is 6.61 Å². The minimum absolute atomic E-state index is 0.283. The van der Waals surface area contributed by atoms with Gasteiger partial charge in [0, 0.05) is 23.1 Å². The quantitative estimate of drug-likeness (QED) is 0.789. The van der Waals surface area contributed by atoms with E-state index in [1.165, 1.54) is 12.1 Å². The second-order valence-corrected chi connectivity index (χ2v) is 5.81. The van der Waals surface area contributed by atoms with Gasteiger partial charge in [-0.05, 0) is 45.8 Å². The van der Waals surface area contributed by atoms with Crippen LogP contribution in [0.4, 0.5) is 4.39 Å². The molecule has 1 heterocycles. The summed E-state index contributed by atoms with van der Waals surface area (Å²) in [6.07, 6.45) is 0.854. The van der Waals surface area contributed by atoms with Crippen LogP contribution in [0.3, 0.4) is 0 Å². The number of halogens is 3. The Morgan fingerprint density at radius 1 is 1.30 bits per heavy atom. The van der Waals surface area contributed by atoms with Crippen LogP contribution in [0, 0.1) is 5.82 Å². The number of ether oxygens (including phenoxy) is 2. The van der Waals surface area contributed by atoms with Gasteiger partial charge in [0.1, 0.15) is 23.9 Å². The molecule has 0 radical (unpaired) electrons. The van der Waals surface area contributed by atoms with Gasteiger partial charge in [-0.3, -0.25) is 0 Å². The minimum atomic E-state index is -0.337. The van der Waals surface area contributed by atoms with E-state index in [2.05, 4.69) is 15.9 Å². The summed E-state index contributed by atoms with van der Waals surface area (Å²) < 4.78 is 25.2. The molecule has 0 saturated heterocycles. The van der Waals surface area contributed by atoms with Crippen LogP contribution < -0.4 is 9.47 Å². The first-order chi connectivity index (χ1) is 9.63. The number of fused-ring (bicyclic) bond motifs is 1. The van der Waals surface area contributed by atoms with Crippen LogP contribution in [0.25, 0.3) is 0 Å². The van der Waals surface area contributed by atoms with Gasteiger partial charge in [-0.25, -0.2) is 4.39 Å². The van der Waals surface area contributed by atoms with Crippen molar-refractivity contribution in [3.05, 3.63) is 56.8 Å². The van der Waals surface area contributed by atoms with E-state index in [9.17, 15) is 4.39 Å². The van der Waals surface area contributed by atoms with E-state index in [-0.39, 0.29) is 12.4 Å². The van der Waals surface area contributed by atoms with Gasteiger partial charge in [-0.15, -0.1) is 0 Å². The molecule has 0 aliphatic carbocycles. The van der Waals surface area contributed by atoms with Crippen LogP contribution in [0.1, 0.15) is 11.1 Å². The summed E-state index contributed by atoms with van der Waals surface area (Å²) in [6.45, 7) is 0.942. The zero-order valence-corrected chi connectivity index (χ0v) is 12.8. The summed E-state index contributed by atoms with van der Waals surface area (Å²) in [4.78, 5) is 0. The lowest BCUT2D eigenvalue weighted by Crippen LogP contribution is -1.99. The molecular formula is C15H11BrClFO2. The molecule has 0 atom stereocenters. The predicted molar refractivity (Wildman–Crippen MR) is 79.1 cm³/mol. The van der Waals surface area contributed by atoms with Crippen molar-refractivity contribution in [2.75, 3.05) is 6.61 Å². The molecule has 2 aromatic rings. The third-order valence-electron chi connectivity index (χ3n) is 3.10. The summed E-state index contributed by atoms with van der Waals surface area (Å²) in [5, 5.41) is 0.658. The Hall–Kier alpha value is -1.26. The van der Waals surface area contributed by atoms with Gasteiger partial charge >= 0.3 is 0 Å². The van der Waals surface area contributed by atoms with Crippen molar-refractivity contribution >= 4 is 27.5 Å². The highest BCUT2D eigenvalue weighted by Crippen LogP contribution is 2.34. The first kappa shape index (κ1) is 13.7. The van der Waals surface area contributed by atoms with Crippen LogP contribution in [-0.2, 0) is 13.0 Å². The van der Waals surface area contributed by atoms with E-state index in [0.717, 1.165) is 23.3 Å². The zero-order valence-electron chi connectivity index (χ0n) is 10.5. The fourth-order valence-electron chi connectivity index (χ4n) is 2.20. The lowest BCUT2D eigenvalue weighted by Gasteiger charge is -2.12. The summed E-state index contributed by atoms with van der Waals surface area (Å²) in [7, 11) is 0. The number of hydrogen-bond donors (Lipinski definition) is 0. The molecule has 0 fully saturated rings. The van der Waals surface area contributed by atoms with Crippen molar-refractivity contribution < 1.29 is 13.9 Å². The number of benzene rings is 2. The Kier molecular flexibility index (Phi) is 3.85. The van der Waals surface area contributed by atoms with Gasteiger partial charge in [-0.2, -0.15) is 0 Å². The van der Waals surface area contributed by atoms with Gasteiger partial charge in [0.25, 0.3) is 0 Å². The maximum atomic E-state index is 13.2. The van der Waals surface area contributed by atoms with Gasteiger partial charge in [-0.1, -0.05) is 11.6 Å². The molecule has 3 rings (SSSR count). The standard InChI is InChI=1S/C15H11BrClFO2/c16-13-2-1-12(18)7-14(13)20-8-10-6-11(17)5-9-3-4-19-15(9)10/h1-2,5-7H,3-4,8H2. The number of rotatable bonds is 3. The normalized spacial score (nSPS) is 12.9. The third kappa shape index (κ3) is 2.76. The maximum Gasteiger partial charge on any atom is 0.136 e. The van der Waals surface area contributed by atoms with E-state index in [1.807, 2.05) is 12.1 Å². The third-order valence-corrected chi connectivity index (χ3v) is 3.98. The molecule has 0 amide bonds. The predicted octanol–water partition coefficient (Wildman–Crippen LogP) is 4.76. The zero-order chi connectivity index (χ0) is 14.1. The highest BCUT2D eigenvalue weighted by Gasteiger charge is 2.18. The SMILES string of the molecule is Fc1ccc(Br)c(OCc2cc(Cl)cc3c2OCC3)c1. The van der Waals surface area contributed by atoms with Crippen molar-refractivity contribution in [1.29, 1.82) is 0 Å². The summed E-state index contributed by atoms with van der Waals surface area (Å²) in [5.41, 5.74) is 1.97. The Balaban J connectivity index is 1.84. The molecule has 0 saturated carbocycles.